The van der Waals surface area contributed by atoms with Gasteiger partial charge in [0.1, 0.15) is 0 Å². The molecule has 2 N–H and O–H groups in total. The quantitative estimate of drug-likeness (QED) is 0.794. The molecule has 2 nitrogen and oxygen atoms in total. The summed E-state index contributed by atoms with van der Waals surface area (Å²) < 4.78 is 0. The summed E-state index contributed by atoms with van der Waals surface area (Å²) in [5.74, 6) is 0. The highest BCUT2D eigenvalue weighted by Gasteiger charge is 2.11. The Morgan fingerprint density at radius 3 is 2.67 bits per heavy atom. The summed E-state index contributed by atoms with van der Waals surface area (Å²) in [6, 6.07) is 4.93. The molecule has 0 aliphatic carbocycles. The van der Waals surface area contributed by atoms with E-state index in [2.05, 4.69) is 48.9 Å². The minimum atomic E-state index is 0.337. The van der Waals surface area contributed by atoms with Gasteiger partial charge in [-0.15, -0.1) is 11.3 Å². The summed E-state index contributed by atoms with van der Waals surface area (Å²) in [5, 5.41) is 9.36. The molecule has 4 heteroatoms. The lowest BCUT2D eigenvalue weighted by Gasteiger charge is -2.19. The number of thiocarbonyl (C=S) groups is 1. The SMILES string of the molecule is CCC(NC(=S)NC(C)C)c1cccs1. The van der Waals surface area contributed by atoms with Crippen molar-refractivity contribution >= 4 is 28.7 Å². The van der Waals surface area contributed by atoms with Crippen molar-refractivity contribution in [3.63, 3.8) is 0 Å². The fourth-order valence-electron chi connectivity index (χ4n) is 1.33. The lowest BCUT2D eigenvalue weighted by Crippen LogP contribution is -2.40. The molecule has 0 aliphatic heterocycles. The van der Waals surface area contributed by atoms with E-state index in [1.54, 1.807) is 11.3 Å². The predicted octanol–water partition coefficient (Wildman–Crippen LogP) is 3.07. The molecule has 0 fully saturated rings. The van der Waals surface area contributed by atoms with E-state index in [1.807, 2.05) is 0 Å². The number of hydrogen-bond acceptors (Lipinski definition) is 2. The smallest absolute Gasteiger partial charge is 0.167 e. The van der Waals surface area contributed by atoms with Crippen molar-refractivity contribution < 1.29 is 0 Å². The molecule has 1 unspecified atom stereocenters. The zero-order valence-corrected chi connectivity index (χ0v) is 11.0. The summed E-state index contributed by atoms with van der Waals surface area (Å²) in [6.07, 6.45) is 1.04. The Hall–Kier alpha value is -0.610. The first kappa shape index (κ1) is 12.5. The van der Waals surface area contributed by atoms with Gasteiger partial charge in [-0.1, -0.05) is 13.0 Å². The van der Waals surface area contributed by atoms with Crippen LogP contribution in [0.5, 0.6) is 0 Å². The van der Waals surface area contributed by atoms with Crippen LogP contribution in [0.3, 0.4) is 0 Å². The van der Waals surface area contributed by atoms with Crippen LogP contribution in [0.4, 0.5) is 0 Å². The second-order valence-corrected chi connectivity index (χ2v) is 5.14. The van der Waals surface area contributed by atoms with Gasteiger partial charge in [-0.2, -0.15) is 0 Å². The zero-order valence-electron chi connectivity index (χ0n) is 9.41. The van der Waals surface area contributed by atoms with Gasteiger partial charge in [-0.25, -0.2) is 0 Å². The van der Waals surface area contributed by atoms with Gasteiger partial charge in [0.15, 0.2) is 5.11 Å². The fraction of sp³-hybridized carbons (Fsp3) is 0.545. The molecule has 0 aliphatic rings. The average Bonchev–Trinajstić information content (AvgIpc) is 2.65. The van der Waals surface area contributed by atoms with Crippen molar-refractivity contribution in [3.8, 4) is 0 Å². The van der Waals surface area contributed by atoms with Crippen LogP contribution >= 0.6 is 23.6 Å². The Labute approximate surface area is 101 Å². The Balaban J connectivity index is 2.51. The highest BCUT2D eigenvalue weighted by atomic mass is 32.1. The van der Waals surface area contributed by atoms with Crippen LogP contribution in [0.15, 0.2) is 17.5 Å². The summed E-state index contributed by atoms with van der Waals surface area (Å²) in [4.78, 5) is 1.34. The molecule has 1 heterocycles. The van der Waals surface area contributed by atoms with Crippen LogP contribution in [0.2, 0.25) is 0 Å². The lowest BCUT2D eigenvalue weighted by molar-refractivity contribution is 0.613. The molecule has 15 heavy (non-hydrogen) atoms. The van der Waals surface area contributed by atoms with Gasteiger partial charge in [0.25, 0.3) is 0 Å². The predicted molar refractivity (Wildman–Crippen MR) is 71.4 cm³/mol. The molecule has 1 aromatic rings. The standard InChI is InChI=1S/C11H18N2S2/c1-4-9(10-6-5-7-15-10)13-11(14)12-8(2)3/h5-9H,4H2,1-3H3,(H2,12,13,14). The molecule has 84 valence electrons. The maximum absolute atomic E-state index is 5.23. The number of nitrogens with one attached hydrogen (secondary N) is 2. The van der Waals surface area contributed by atoms with Gasteiger partial charge in [-0.05, 0) is 43.9 Å². The monoisotopic (exact) mass is 242 g/mol. The van der Waals surface area contributed by atoms with Crippen molar-refractivity contribution in [2.75, 3.05) is 0 Å². The third-order valence-corrected chi connectivity index (χ3v) is 3.24. The maximum atomic E-state index is 5.23. The summed E-state index contributed by atoms with van der Waals surface area (Å²) in [5.41, 5.74) is 0. The number of rotatable bonds is 4. The maximum Gasteiger partial charge on any atom is 0.167 e. The zero-order chi connectivity index (χ0) is 11.3. The van der Waals surface area contributed by atoms with Gasteiger partial charge in [0, 0.05) is 10.9 Å². The van der Waals surface area contributed by atoms with Gasteiger partial charge >= 0.3 is 0 Å². The molecule has 1 aromatic heterocycles. The molecule has 0 radical (unpaired) electrons. The largest absolute Gasteiger partial charge is 0.361 e. The molecule has 1 atom stereocenters. The topological polar surface area (TPSA) is 24.1 Å². The molecule has 0 amide bonds. The first-order valence-electron chi connectivity index (χ1n) is 5.24. The second kappa shape index (κ2) is 6.08. The van der Waals surface area contributed by atoms with Crippen molar-refractivity contribution in [3.05, 3.63) is 22.4 Å². The van der Waals surface area contributed by atoms with E-state index in [-0.39, 0.29) is 0 Å². The van der Waals surface area contributed by atoms with E-state index < -0.39 is 0 Å². The van der Waals surface area contributed by atoms with Crippen LogP contribution in [0, 0.1) is 0 Å². The molecule has 0 spiro atoms. The Bertz CT molecular complexity index is 294. The molecule has 0 saturated carbocycles. The molecular formula is C11H18N2S2. The van der Waals surface area contributed by atoms with Crippen molar-refractivity contribution in [2.45, 2.75) is 39.3 Å². The van der Waals surface area contributed by atoms with E-state index in [0.717, 1.165) is 11.5 Å². The van der Waals surface area contributed by atoms with Gasteiger partial charge < -0.3 is 10.6 Å². The van der Waals surface area contributed by atoms with Crippen molar-refractivity contribution in [1.29, 1.82) is 0 Å². The number of hydrogen-bond donors (Lipinski definition) is 2. The lowest BCUT2D eigenvalue weighted by atomic mass is 10.2. The van der Waals surface area contributed by atoms with Crippen LogP contribution in [0.25, 0.3) is 0 Å². The van der Waals surface area contributed by atoms with Crippen LogP contribution < -0.4 is 10.6 Å². The summed E-state index contributed by atoms with van der Waals surface area (Å²) >= 11 is 7.00. The Kier molecular flexibility index (Phi) is 5.05. The highest BCUT2D eigenvalue weighted by molar-refractivity contribution is 7.80. The minimum absolute atomic E-state index is 0.337. The van der Waals surface area contributed by atoms with Gasteiger partial charge in [-0.3, -0.25) is 0 Å². The molecule has 1 rings (SSSR count). The first-order chi connectivity index (χ1) is 7.13. The minimum Gasteiger partial charge on any atom is -0.361 e. The molecule has 0 bridgehead atoms. The van der Waals surface area contributed by atoms with Crippen molar-refractivity contribution in [2.24, 2.45) is 0 Å². The molecule has 0 aromatic carbocycles. The summed E-state index contributed by atoms with van der Waals surface area (Å²) in [6.45, 7) is 6.33. The van der Waals surface area contributed by atoms with Crippen LogP contribution in [0.1, 0.15) is 38.1 Å². The Morgan fingerprint density at radius 2 is 2.20 bits per heavy atom. The van der Waals surface area contributed by atoms with Gasteiger partial charge in [0.2, 0.25) is 0 Å². The van der Waals surface area contributed by atoms with E-state index in [9.17, 15) is 0 Å². The third kappa shape index (κ3) is 4.18. The Morgan fingerprint density at radius 1 is 1.47 bits per heavy atom. The van der Waals surface area contributed by atoms with E-state index in [0.29, 0.717) is 12.1 Å². The summed E-state index contributed by atoms with van der Waals surface area (Å²) in [7, 11) is 0. The van der Waals surface area contributed by atoms with Crippen LogP contribution in [-0.2, 0) is 0 Å². The average molecular weight is 242 g/mol. The molecular weight excluding hydrogens is 224 g/mol. The van der Waals surface area contributed by atoms with E-state index >= 15 is 0 Å². The van der Waals surface area contributed by atoms with Crippen molar-refractivity contribution in [1.82, 2.24) is 10.6 Å². The van der Waals surface area contributed by atoms with E-state index in [1.165, 1.54) is 4.88 Å². The fourth-order valence-corrected chi connectivity index (χ4v) is 2.57. The highest BCUT2D eigenvalue weighted by Crippen LogP contribution is 2.21. The third-order valence-electron chi connectivity index (χ3n) is 2.02. The van der Waals surface area contributed by atoms with Crippen LogP contribution in [-0.4, -0.2) is 11.2 Å². The van der Waals surface area contributed by atoms with Gasteiger partial charge in [0.05, 0.1) is 6.04 Å². The number of thiophene rings is 1. The second-order valence-electron chi connectivity index (χ2n) is 3.75. The van der Waals surface area contributed by atoms with E-state index in [4.69, 9.17) is 12.2 Å². The molecule has 0 saturated heterocycles. The first-order valence-corrected chi connectivity index (χ1v) is 6.52. The normalized spacial score (nSPS) is 12.5.